The van der Waals surface area contributed by atoms with Crippen molar-refractivity contribution in [3.63, 3.8) is 0 Å². The summed E-state index contributed by atoms with van der Waals surface area (Å²) in [5.41, 5.74) is 1.01. The van der Waals surface area contributed by atoms with Crippen LogP contribution in [-0.4, -0.2) is 70.1 Å². The summed E-state index contributed by atoms with van der Waals surface area (Å²) >= 11 is 0. The van der Waals surface area contributed by atoms with Gasteiger partial charge in [0.25, 0.3) is 0 Å². The molecule has 1 unspecified atom stereocenters. The SMILES string of the molecule is CCCNc1ncc(CN2CCN(C)C(C(=O)O)C2)cn1. The first-order chi connectivity index (χ1) is 10.1. The van der Waals surface area contributed by atoms with Crippen LogP contribution in [0.3, 0.4) is 0 Å². The zero-order chi connectivity index (χ0) is 15.2. The predicted octanol–water partition coefficient (Wildman–Crippen LogP) is 0.499. The summed E-state index contributed by atoms with van der Waals surface area (Å²) in [7, 11) is 1.85. The van der Waals surface area contributed by atoms with Crippen molar-refractivity contribution in [3.8, 4) is 0 Å². The Labute approximate surface area is 125 Å². The summed E-state index contributed by atoms with van der Waals surface area (Å²) in [5, 5.41) is 12.3. The highest BCUT2D eigenvalue weighted by Crippen LogP contribution is 2.12. The van der Waals surface area contributed by atoms with E-state index in [4.69, 9.17) is 0 Å². The van der Waals surface area contributed by atoms with E-state index in [-0.39, 0.29) is 0 Å². The molecule has 0 spiro atoms. The van der Waals surface area contributed by atoms with Crippen LogP contribution in [0.1, 0.15) is 18.9 Å². The number of rotatable bonds is 6. The number of piperazine rings is 1. The quantitative estimate of drug-likeness (QED) is 0.790. The molecule has 0 radical (unpaired) electrons. The average molecular weight is 293 g/mol. The average Bonchev–Trinajstić information content (AvgIpc) is 2.48. The third-order valence-electron chi connectivity index (χ3n) is 3.66. The molecule has 2 N–H and O–H groups in total. The normalized spacial score (nSPS) is 20.4. The highest BCUT2D eigenvalue weighted by Gasteiger charge is 2.29. The first-order valence-corrected chi connectivity index (χ1v) is 7.30. The summed E-state index contributed by atoms with van der Waals surface area (Å²) in [4.78, 5) is 23.8. The van der Waals surface area contributed by atoms with Crippen molar-refractivity contribution in [2.24, 2.45) is 0 Å². The van der Waals surface area contributed by atoms with Gasteiger partial charge in [0.1, 0.15) is 6.04 Å². The number of carboxylic acid groups (broad SMARTS) is 1. The second-order valence-electron chi connectivity index (χ2n) is 5.41. The molecule has 0 aliphatic carbocycles. The van der Waals surface area contributed by atoms with E-state index in [9.17, 15) is 9.90 Å². The van der Waals surface area contributed by atoms with Crippen LogP contribution in [0.4, 0.5) is 5.95 Å². The minimum absolute atomic E-state index is 0.440. The Kier molecular flexibility index (Phi) is 5.46. The van der Waals surface area contributed by atoms with E-state index in [0.29, 0.717) is 19.0 Å². The minimum Gasteiger partial charge on any atom is -0.480 e. The van der Waals surface area contributed by atoms with Crippen molar-refractivity contribution in [3.05, 3.63) is 18.0 Å². The van der Waals surface area contributed by atoms with Gasteiger partial charge in [-0.05, 0) is 13.5 Å². The van der Waals surface area contributed by atoms with Crippen molar-refractivity contribution >= 4 is 11.9 Å². The number of carbonyl (C=O) groups is 1. The molecule has 21 heavy (non-hydrogen) atoms. The van der Waals surface area contributed by atoms with E-state index < -0.39 is 12.0 Å². The van der Waals surface area contributed by atoms with Gasteiger partial charge in [0.15, 0.2) is 0 Å². The second-order valence-corrected chi connectivity index (χ2v) is 5.41. The molecule has 7 heteroatoms. The predicted molar refractivity (Wildman–Crippen MR) is 80.1 cm³/mol. The fraction of sp³-hybridized carbons (Fsp3) is 0.643. The molecular formula is C14H23N5O2. The molecule has 1 aromatic rings. The summed E-state index contributed by atoms with van der Waals surface area (Å²) < 4.78 is 0. The van der Waals surface area contributed by atoms with Gasteiger partial charge in [0, 0.05) is 50.7 Å². The van der Waals surface area contributed by atoms with Crippen LogP contribution < -0.4 is 5.32 Å². The number of aromatic nitrogens is 2. The van der Waals surface area contributed by atoms with Crippen LogP contribution in [0.5, 0.6) is 0 Å². The zero-order valence-electron chi connectivity index (χ0n) is 12.6. The summed E-state index contributed by atoms with van der Waals surface area (Å²) in [5.74, 6) is -0.125. The molecule has 7 nitrogen and oxygen atoms in total. The summed E-state index contributed by atoms with van der Waals surface area (Å²) in [6.45, 7) is 5.78. The molecule has 116 valence electrons. The number of carboxylic acids is 1. The van der Waals surface area contributed by atoms with Gasteiger partial charge < -0.3 is 10.4 Å². The Morgan fingerprint density at radius 2 is 2.14 bits per heavy atom. The van der Waals surface area contributed by atoms with Crippen LogP contribution in [-0.2, 0) is 11.3 Å². The highest BCUT2D eigenvalue weighted by atomic mass is 16.4. The Morgan fingerprint density at radius 3 is 2.76 bits per heavy atom. The molecule has 0 aromatic carbocycles. The van der Waals surface area contributed by atoms with Crippen LogP contribution in [0.25, 0.3) is 0 Å². The van der Waals surface area contributed by atoms with Gasteiger partial charge in [-0.2, -0.15) is 0 Å². The number of nitrogens with one attached hydrogen (secondary N) is 1. The molecule has 1 aliphatic heterocycles. The van der Waals surface area contributed by atoms with Crippen LogP contribution >= 0.6 is 0 Å². The molecule has 1 saturated heterocycles. The second kappa shape index (κ2) is 7.33. The Bertz CT molecular complexity index is 465. The lowest BCUT2D eigenvalue weighted by atomic mass is 10.1. The summed E-state index contributed by atoms with van der Waals surface area (Å²) in [6, 6.07) is -0.440. The maximum Gasteiger partial charge on any atom is 0.322 e. The Morgan fingerprint density at radius 1 is 1.43 bits per heavy atom. The molecule has 1 aromatic heterocycles. The van der Waals surface area contributed by atoms with Gasteiger partial charge in [-0.3, -0.25) is 14.6 Å². The molecule has 2 heterocycles. The first-order valence-electron chi connectivity index (χ1n) is 7.30. The van der Waals surface area contributed by atoms with E-state index in [2.05, 4.69) is 27.1 Å². The van der Waals surface area contributed by atoms with Gasteiger partial charge in [0.05, 0.1) is 0 Å². The van der Waals surface area contributed by atoms with Crippen LogP contribution in [0.2, 0.25) is 0 Å². The van der Waals surface area contributed by atoms with Gasteiger partial charge in [-0.25, -0.2) is 9.97 Å². The lowest BCUT2D eigenvalue weighted by Crippen LogP contribution is -2.54. The molecule has 0 bridgehead atoms. The van der Waals surface area contributed by atoms with E-state index in [1.807, 2.05) is 11.9 Å². The van der Waals surface area contributed by atoms with Crippen LogP contribution in [0, 0.1) is 0 Å². The summed E-state index contributed by atoms with van der Waals surface area (Å²) in [6.07, 6.45) is 4.64. The lowest BCUT2D eigenvalue weighted by Gasteiger charge is -2.37. The lowest BCUT2D eigenvalue weighted by molar-refractivity contribution is -0.145. The van der Waals surface area contributed by atoms with Crippen LogP contribution in [0.15, 0.2) is 12.4 Å². The van der Waals surface area contributed by atoms with E-state index >= 15 is 0 Å². The molecule has 1 fully saturated rings. The number of anilines is 1. The van der Waals surface area contributed by atoms with Crippen molar-refractivity contribution in [2.75, 3.05) is 38.5 Å². The molecule has 1 atom stereocenters. The fourth-order valence-electron chi connectivity index (χ4n) is 2.36. The van der Waals surface area contributed by atoms with E-state index in [0.717, 1.165) is 31.6 Å². The Balaban J connectivity index is 1.90. The Hall–Kier alpha value is -1.73. The number of hydrogen-bond donors (Lipinski definition) is 2. The molecule has 0 amide bonds. The largest absolute Gasteiger partial charge is 0.480 e. The minimum atomic E-state index is -0.766. The highest BCUT2D eigenvalue weighted by molar-refractivity contribution is 5.73. The number of likely N-dealkylation sites (N-methyl/N-ethyl adjacent to an activating group) is 1. The molecule has 2 rings (SSSR count). The molecule has 1 aliphatic rings. The monoisotopic (exact) mass is 293 g/mol. The van der Waals surface area contributed by atoms with Crippen molar-refractivity contribution in [2.45, 2.75) is 25.9 Å². The zero-order valence-corrected chi connectivity index (χ0v) is 12.6. The third kappa shape index (κ3) is 4.37. The topological polar surface area (TPSA) is 81.6 Å². The van der Waals surface area contributed by atoms with Crippen molar-refractivity contribution in [1.29, 1.82) is 0 Å². The van der Waals surface area contributed by atoms with Gasteiger partial charge in [-0.1, -0.05) is 6.92 Å². The van der Waals surface area contributed by atoms with Gasteiger partial charge >= 0.3 is 5.97 Å². The number of nitrogens with zero attached hydrogens (tertiary/aromatic N) is 4. The fourth-order valence-corrected chi connectivity index (χ4v) is 2.36. The number of aliphatic carboxylic acids is 1. The standard InChI is InChI=1S/C14H23N5O2/c1-3-4-15-14-16-7-11(8-17-14)9-19-6-5-18(2)12(10-19)13(20)21/h7-8,12H,3-6,9-10H2,1-2H3,(H,20,21)(H,15,16,17). The van der Waals surface area contributed by atoms with Crippen molar-refractivity contribution in [1.82, 2.24) is 19.8 Å². The first kappa shape index (κ1) is 15.7. The van der Waals surface area contributed by atoms with Gasteiger partial charge in [-0.15, -0.1) is 0 Å². The number of hydrogen-bond acceptors (Lipinski definition) is 6. The van der Waals surface area contributed by atoms with Crippen molar-refractivity contribution < 1.29 is 9.90 Å². The maximum atomic E-state index is 11.2. The molecular weight excluding hydrogens is 270 g/mol. The smallest absolute Gasteiger partial charge is 0.322 e. The molecule has 0 saturated carbocycles. The van der Waals surface area contributed by atoms with E-state index in [1.165, 1.54) is 0 Å². The maximum absolute atomic E-state index is 11.2. The van der Waals surface area contributed by atoms with E-state index in [1.54, 1.807) is 12.4 Å². The third-order valence-corrected chi connectivity index (χ3v) is 3.66. The van der Waals surface area contributed by atoms with Gasteiger partial charge in [0.2, 0.25) is 5.95 Å².